The summed E-state index contributed by atoms with van der Waals surface area (Å²) in [6, 6.07) is 7.11. The maximum absolute atomic E-state index is 14.9. The SMILES string of the molecule is CC(C)[C@@H]1C[C@H](n2ncc(NC[C@@]3(F)CCCOC3)c(Cl)c2=O)CCN1S(=O)(=O)c1ccc(C#N)cc1. The minimum Gasteiger partial charge on any atom is -0.379 e. The van der Waals surface area contributed by atoms with Crippen molar-refractivity contribution in [3.05, 3.63) is 51.4 Å². The van der Waals surface area contributed by atoms with E-state index in [1.165, 1.54) is 39.4 Å². The molecule has 0 bridgehead atoms. The first-order valence-electron chi connectivity index (χ1n) is 12.4. The molecule has 4 rings (SSSR count). The van der Waals surface area contributed by atoms with Crippen molar-refractivity contribution in [2.24, 2.45) is 5.92 Å². The van der Waals surface area contributed by atoms with E-state index in [9.17, 15) is 17.6 Å². The van der Waals surface area contributed by atoms with E-state index in [1.54, 1.807) is 0 Å². The van der Waals surface area contributed by atoms with E-state index in [1.807, 2.05) is 19.9 Å². The van der Waals surface area contributed by atoms with Gasteiger partial charge in [-0.1, -0.05) is 25.4 Å². The third-order valence-corrected chi connectivity index (χ3v) is 9.39. The van der Waals surface area contributed by atoms with Gasteiger partial charge in [-0.25, -0.2) is 17.5 Å². The van der Waals surface area contributed by atoms with Gasteiger partial charge in [0.2, 0.25) is 10.0 Å². The van der Waals surface area contributed by atoms with E-state index < -0.39 is 21.3 Å². The fraction of sp³-hybridized carbons (Fsp3) is 0.560. The molecular weight excluding hydrogens is 521 g/mol. The summed E-state index contributed by atoms with van der Waals surface area (Å²) in [5.41, 5.74) is -1.40. The van der Waals surface area contributed by atoms with E-state index in [4.69, 9.17) is 21.6 Å². The highest BCUT2D eigenvalue weighted by Crippen LogP contribution is 2.34. The molecule has 1 aromatic carbocycles. The number of piperidine rings is 1. The van der Waals surface area contributed by atoms with Crippen LogP contribution in [-0.2, 0) is 14.8 Å². The number of hydrogen-bond donors (Lipinski definition) is 1. The monoisotopic (exact) mass is 551 g/mol. The van der Waals surface area contributed by atoms with Gasteiger partial charge >= 0.3 is 0 Å². The van der Waals surface area contributed by atoms with Gasteiger partial charge in [-0.15, -0.1) is 0 Å². The molecule has 37 heavy (non-hydrogen) atoms. The number of aromatic nitrogens is 2. The van der Waals surface area contributed by atoms with Crippen LogP contribution in [0, 0.1) is 17.2 Å². The summed E-state index contributed by atoms with van der Waals surface area (Å²) in [4.78, 5) is 13.2. The Hall–Kier alpha value is -2.52. The Bertz CT molecular complexity index is 1320. The number of nitrogens with one attached hydrogen (secondary N) is 1. The highest BCUT2D eigenvalue weighted by atomic mass is 35.5. The first-order valence-corrected chi connectivity index (χ1v) is 14.2. The molecule has 1 aromatic heterocycles. The fourth-order valence-corrected chi connectivity index (χ4v) is 6.94. The Balaban J connectivity index is 1.52. The average Bonchev–Trinajstić information content (AvgIpc) is 2.89. The van der Waals surface area contributed by atoms with E-state index in [0.717, 1.165) is 0 Å². The first kappa shape index (κ1) is 27.5. The lowest BCUT2D eigenvalue weighted by atomic mass is 9.91. The van der Waals surface area contributed by atoms with Crippen LogP contribution in [0.3, 0.4) is 0 Å². The molecule has 0 amide bonds. The number of benzene rings is 1. The van der Waals surface area contributed by atoms with Crippen LogP contribution in [0.25, 0.3) is 0 Å². The molecule has 2 aromatic rings. The van der Waals surface area contributed by atoms with E-state index in [0.29, 0.717) is 37.9 Å². The molecule has 3 atom stereocenters. The summed E-state index contributed by atoms with van der Waals surface area (Å²) in [5, 5.41) is 16.2. The zero-order valence-corrected chi connectivity index (χ0v) is 22.4. The van der Waals surface area contributed by atoms with Crippen molar-refractivity contribution in [3.8, 4) is 6.07 Å². The maximum Gasteiger partial charge on any atom is 0.287 e. The minimum atomic E-state index is -3.80. The third kappa shape index (κ3) is 5.82. The lowest BCUT2D eigenvalue weighted by Gasteiger charge is -2.40. The second kappa shape index (κ2) is 11.1. The first-order chi connectivity index (χ1) is 17.6. The summed E-state index contributed by atoms with van der Waals surface area (Å²) in [5.74, 6) is -0.0264. The smallest absolute Gasteiger partial charge is 0.287 e. The van der Waals surface area contributed by atoms with Gasteiger partial charge in [-0.3, -0.25) is 4.79 Å². The molecule has 3 heterocycles. The number of anilines is 1. The van der Waals surface area contributed by atoms with Gasteiger partial charge < -0.3 is 10.1 Å². The predicted molar refractivity (Wildman–Crippen MR) is 138 cm³/mol. The van der Waals surface area contributed by atoms with Crippen LogP contribution >= 0.6 is 11.6 Å². The van der Waals surface area contributed by atoms with Gasteiger partial charge in [-0.2, -0.15) is 14.7 Å². The van der Waals surface area contributed by atoms with Gasteiger partial charge in [0.05, 0.1) is 47.6 Å². The second-order valence-corrected chi connectivity index (χ2v) is 12.3. The van der Waals surface area contributed by atoms with Crippen molar-refractivity contribution < 1.29 is 17.5 Å². The topological polar surface area (TPSA) is 117 Å². The van der Waals surface area contributed by atoms with Gasteiger partial charge in [0.1, 0.15) is 5.02 Å². The Morgan fingerprint density at radius 2 is 2.08 bits per heavy atom. The van der Waals surface area contributed by atoms with Gasteiger partial charge in [0.25, 0.3) is 5.56 Å². The summed E-state index contributed by atoms with van der Waals surface area (Å²) in [6.45, 7) is 4.56. The van der Waals surface area contributed by atoms with Crippen LogP contribution < -0.4 is 10.9 Å². The summed E-state index contributed by atoms with van der Waals surface area (Å²) < 4.78 is 49.8. The van der Waals surface area contributed by atoms with Crippen molar-refractivity contribution in [1.82, 2.24) is 14.1 Å². The molecule has 0 unspecified atom stereocenters. The number of nitrogens with zero attached hydrogens (tertiary/aromatic N) is 4. The van der Waals surface area contributed by atoms with E-state index in [2.05, 4.69) is 10.4 Å². The Kier molecular flexibility index (Phi) is 8.23. The zero-order valence-electron chi connectivity index (χ0n) is 20.9. The maximum atomic E-state index is 14.9. The highest BCUT2D eigenvalue weighted by Gasteiger charge is 2.40. The second-order valence-electron chi connectivity index (χ2n) is 10.0. The molecule has 0 spiro atoms. The predicted octanol–water partition coefficient (Wildman–Crippen LogP) is 3.75. The normalized spacial score (nSPS) is 25.1. The summed E-state index contributed by atoms with van der Waals surface area (Å²) >= 11 is 6.37. The van der Waals surface area contributed by atoms with Gasteiger partial charge in [0, 0.05) is 19.2 Å². The summed E-state index contributed by atoms with van der Waals surface area (Å²) in [7, 11) is -3.80. The van der Waals surface area contributed by atoms with Crippen LogP contribution in [0.15, 0.2) is 40.2 Å². The fourth-order valence-electron chi connectivity index (χ4n) is 4.96. The number of alkyl halides is 1. The van der Waals surface area contributed by atoms with Crippen molar-refractivity contribution in [3.63, 3.8) is 0 Å². The minimum absolute atomic E-state index is 0.0113. The number of rotatable bonds is 7. The van der Waals surface area contributed by atoms with Crippen LogP contribution in [0.5, 0.6) is 0 Å². The number of sulfonamides is 1. The summed E-state index contributed by atoms with van der Waals surface area (Å²) in [6.07, 6.45) is 3.17. The lowest BCUT2D eigenvalue weighted by molar-refractivity contribution is -0.0234. The Morgan fingerprint density at radius 3 is 2.70 bits per heavy atom. The third-order valence-electron chi connectivity index (χ3n) is 7.09. The van der Waals surface area contributed by atoms with E-state index in [-0.39, 0.29) is 53.3 Å². The number of nitriles is 1. The van der Waals surface area contributed by atoms with Crippen molar-refractivity contribution >= 4 is 27.3 Å². The molecule has 0 radical (unpaired) electrons. The number of hydrogen-bond acceptors (Lipinski definition) is 7. The Labute approximate surface area is 221 Å². The number of halogens is 2. The zero-order chi connectivity index (χ0) is 26.8. The van der Waals surface area contributed by atoms with Crippen molar-refractivity contribution in [2.75, 3.05) is 31.6 Å². The van der Waals surface area contributed by atoms with Crippen LogP contribution in [0.1, 0.15) is 51.1 Å². The molecule has 2 aliphatic heterocycles. The van der Waals surface area contributed by atoms with Gasteiger partial charge in [-0.05, 0) is 55.9 Å². The van der Waals surface area contributed by atoms with Crippen LogP contribution in [-0.4, -0.2) is 60.5 Å². The molecule has 0 aliphatic carbocycles. The molecule has 9 nitrogen and oxygen atoms in total. The standard InChI is InChI=1S/C25H31ClFN5O4S/c1-17(2)22-12-19(8-10-31(22)37(34,35)20-6-4-18(13-28)5-7-20)32-24(33)23(26)21(14-30-32)29-15-25(27)9-3-11-36-16-25/h4-7,14,17,19,22,29H,3,8-12,15-16H2,1-2H3/t19-,22+,25+/m1/s1. The molecule has 12 heteroatoms. The molecule has 2 aliphatic rings. The molecule has 0 saturated carbocycles. The average molecular weight is 552 g/mol. The largest absolute Gasteiger partial charge is 0.379 e. The lowest BCUT2D eigenvalue weighted by Crippen LogP contribution is -2.50. The molecular formula is C25H31ClFN5O4S. The molecule has 1 N–H and O–H groups in total. The molecule has 200 valence electrons. The van der Waals surface area contributed by atoms with Gasteiger partial charge in [0.15, 0.2) is 5.67 Å². The van der Waals surface area contributed by atoms with Crippen LogP contribution in [0.4, 0.5) is 10.1 Å². The Morgan fingerprint density at radius 1 is 1.35 bits per heavy atom. The molecule has 2 fully saturated rings. The van der Waals surface area contributed by atoms with Crippen molar-refractivity contribution in [1.29, 1.82) is 5.26 Å². The quantitative estimate of drug-likeness (QED) is 0.557. The number of ether oxygens (including phenoxy) is 1. The molecule has 2 saturated heterocycles. The van der Waals surface area contributed by atoms with Crippen molar-refractivity contribution in [2.45, 2.75) is 62.2 Å². The highest BCUT2D eigenvalue weighted by molar-refractivity contribution is 7.89. The van der Waals surface area contributed by atoms with Crippen LogP contribution in [0.2, 0.25) is 5.02 Å². The van der Waals surface area contributed by atoms with E-state index >= 15 is 0 Å².